The lowest BCUT2D eigenvalue weighted by Crippen LogP contribution is -2.30. The molecule has 0 radical (unpaired) electrons. The number of carbonyl (C=O) groups is 1. The first-order valence-corrected chi connectivity index (χ1v) is 18.5. The van der Waals surface area contributed by atoms with Gasteiger partial charge in [-0.15, -0.1) is 0 Å². The zero-order valence-electron chi connectivity index (χ0n) is 31.5. The molecule has 7 heteroatoms. The summed E-state index contributed by atoms with van der Waals surface area (Å²) in [6.07, 6.45) is 20.0. The van der Waals surface area contributed by atoms with Crippen LogP contribution in [0.25, 0.3) is 10.9 Å². The number of hydrazone groups is 1. The van der Waals surface area contributed by atoms with Crippen molar-refractivity contribution < 1.29 is 4.79 Å². The molecule has 2 aliphatic heterocycles. The Balaban J connectivity index is 0.000000391. The number of anilines is 1. The lowest BCUT2D eigenvalue weighted by molar-refractivity contribution is -0.106. The predicted octanol–water partition coefficient (Wildman–Crippen LogP) is 9.98. The summed E-state index contributed by atoms with van der Waals surface area (Å²) in [7, 11) is 1.95. The minimum atomic E-state index is 0.185. The van der Waals surface area contributed by atoms with E-state index in [1.54, 1.807) is 0 Å². The molecule has 0 bridgehead atoms. The molecule has 3 aromatic rings. The number of unbranched alkanes of at least 4 members (excludes halogenated alkanes) is 4. The molecule has 3 heterocycles. The van der Waals surface area contributed by atoms with Crippen LogP contribution < -0.4 is 11.1 Å². The molecule has 51 heavy (non-hydrogen) atoms. The Bertz CT molecular complexity index is 1650. The fourth-order valence-electron chi connectivity index (χ4n) is 6.53. The van der Waals surface area contributed by atoms with E-state index in [9.17, 15) is 0 Å². The van der Waals surface area contributed by atoms with Crippen LogP contribution in [0, 0.1) is 5.92 Å². The molecule has 2 aliphatic rings. The molecule has 0 aliphatic carbocycles. The van der Waals surface area contributed by atoms with Crippen LogP contribution in [0.5, 0.6) is 0 Å². The normalized spacial score (nSPS) is 16.2. The van der Waals surface area contributed by atoms with E-state index in [4.69, 9.17) is 9.90 Å². The maximum atomic E-state index is 8.58. The third kappa shape index (κ3) is 12.1. The van der Waals surface area contributed by atoms with Crippen LogP contribution in [0.1, 0.15) is 89.2 Å². The molecule has 5 rings (SSSR count). The number of carbonyl (C=O) groups excluding carboxylic acids is 1. The fourth-order valence-corrected chi connectivity index (χ4v) is 6.53. The number of hydrogen-bond donors (Lipinski definition) is 2. The molecule has 0 fully saturated rings. The largest absolute Gasteiger partial charge is 0.388 e. The number of rotatable bonds is 15. The topological polar surface area (TPSA) is 86.8 Å². The molecule has 0 spiro atoms. The number of primary amides is 1. The quantitative estimate of drug-likeness (QED) is 0.123. The average Bonchev–Trinajstić information content (AvgIpc) is 3.57. The van der Waals surface area contributed by atoms with Gasteiger partial charge in [-0.2, -0.15) is 5.10 Å². The van der Waals surface area contributed by atoms with Gasteiger partial charge in [-0.05, 0) is 72.0 Å². The molecule has 1 aromatic heterocycles. The Morgan fingerprint density at radius 3 is 2.37 bits per heavy atom. The van der Waals surface area contributed by atoms with Gasteiger partial charge in [0.15, 0.2) is 0 Å². The number of benzene rings is 2. The summed E-state index contributed by atoms with van der Waals surface area (Å²) >= 11 is 0. The van der Waals surface area contributed by atoms with Gasteiger partial charge in [-0.25, -0.2) is 0 Å². The second-order valence-corrected chi connectivity index (χ2v) is 13.2. The Morgan fingerprint density at radius 2 is 1.71 bits per heavy atom. The SMILES string of the molecule is C=C1C(c2cccc3ncccc23)CC(c2ccc(NC)cc2)=NN1CCCCCCCC(C)CC.C=CC1=C(/C=C\C)CN(C=C)C1.NC=O. The molecule has 0 saturated carbocycles. The number of fused-ring (bicyclic) bond motifs is 1. The Kier molecular flexibility index (Phi) is 17.5. The van der Waals surface area contributed by atoms with Crippen molar-refractivity contribution in [2.24, 2.45) is 16.8 Å². The maximum Gasteiger partial charge on any atom is 0.204 e. The molecule has 2 unspecified atom stereocenters. The number of nitrogens with two attached hydrogens (primary N) is 1. The van der Waals surface area contributed by atoms with Crippen LogP contribution in [0.3, 0.4) is 0 Å². The smallest absolute Gasteiger partial charge is 0.204 e. The highest BCUT2D eigenvalue weighted by atomic mass is 16.1. The number of hydrogen-bond acceptors (Lipinski definition) is 6. The first kappa shape index (κ1) is 40.5. The van der Waals surface area contributed by atoms with Crippen LogP contribution in [0.2, 0.25) is 0 Å². The molecule has 2 aromatic carbocycles. The monoisotopic (exact) mass is 688 g/mol. The van der Waals surface area contributed by atoms with Crippen molar-refractivity contribution in [1.82, 2.24) is 14.9 Å². The van der Waals surface area contributed by atoms with E-state index < -0.39 is 0 Å². The highest BCUT2D eigenvalue weighted by Gasteiger charge is 2.29. The van der Waals surface area contributed by atoms with Gasteiger partial charge in [0.1, 0.15) is 0 Å². The number of allylic oxidation sites excluding steroid dienone is 2. The Morgan fingerprint density at radius 1 is 1.00 bits per heavy atom. The number of nitrogens with zero attached hydrogens (tertiary/aromatic N) is 4. The van der Waals surface area contributed by atoms with Crippen LogP contribution in [0.15, 0.2) is 127 Å². The second kappa shape index (κ2) is 22.0. The lowest BCUT2D eigenvalue weighted by atomic mass is 9.85. The van der Waals surface area contributed by atoms with Gasteiger partial charge in [0.05, 0.1) is 11.2 Å². The number of nitrogens with one attached hydrogen (secondary N) is 1. The maximum absolute atomic E-state index is 8.58. The molecule has 272 valence electrons. The Labute approximate surface area is 307 Å². The van der Waals surface area contributed by atoms with Gasteiger partial charge < -0.3 is 16.0 Å². The van der Waals surface area contributed by atoms with E-state index in [0.29, 0.717) is 0 Å². The lowest BCUT2D eigenvalue weighted by Gasteiger charge is -2.34. The zero-order chi connectivity index (χ0) is 37.0. The molecular formula is C44H60N6O. The van der Waals surface area contributed by atoms with E-state index in [1.165, 1.54) is 66.2 Å². The third-order valence-electron chi connectivity index (χ3n) is 9.73. The van der Waals surface area contributed by atoms with Crippen molar-refractivity contribution in [3.05, 3.63) is 133 Å². The number of pyridine rings is 1. The standard InChI is InChI=1S/C32H42N4.C11H15N.CH3NO/c1-5-24(2)13-9-7-6-8-10-22-36-25(3)30(28-14-11-16-31-29(28)15-12-21-34-31)23-32(35-36)26-17-19-27(33-4)20-18-26;1-4-7-11-9-12(6-3)8-10(11)5-2;2-1-3/h11-12,14-21,24,30,33H,3,5-10,13,22-23H2,1-2,4H3;4-7H,2-3,8-9H2,1H3;1H,(H2,2,3)/b;7-4-;. The molecule has 3 N–H and O–H groups in total. The third-order valence-corrected chi connectivity index (χ3v) is 9.73. The van der Waals surface area contributed by atoms with E-state index in [0.717, 1.165) is 61.0 Å². The van der Waals surface area contributed by atoms with Crippen molar-refractivity contribution in [2.45, 2.75) is 78.1 Å². The summed E-state index contributed by atoms with van der Waals surface area (Å²) in [5.74, 6) is 1.04. The van der Waals surface area contributed by atoms with Crippen LogP contribution in [0.4, 0.5) is 5.69 Å². The van der Waals surface area contributed by atoms with Crippen molar-refractivity contribution >= 4 is 28.7 Å². The van der Waals surface area contributed by atoms with Crippen LogP contribution >= 0.6 is 0 Å². The fraction of sp³-hybridized carbons (Fsp3) is 0.386. The van der Waals surface area contributed by atoms with Crippen molar-refractivity contribution in [3.63, 3.8) is 0 Å². The zero-order valence-corrected chi connectivity index (χ0v) is 31.5. The van der Waals surface area contributed by atoms with E-state index >= 15 is 0 Å². The van der Waals surface area contributed by atoms with Crippen LogP contribution in [-0.4, -0.2) is 53.7 Å². The van der Waals surface area contributed by atoms with Gasteiger partial charge in [-0.1, -0.05) is 121 Å². The average molecular weight is 689 g/mol. The van der Waals surface area contributed by atoms with Gasteiger partial charge in [-0.3, -0.25) is 14.8 Å². The van der Waals surface area contributed by atoms with Crippen molar-refractivity contribution in [2.75, 3.05) is 32.0 Å². The summed E-state index contributed by atoms with van der Waals surface area (Å²) in [6, 6.07) is 19.3. The van der Waals surface area contributed by atoms with Crippen molar-refractivity contribution in [3.8, 4) is 0 Å². The highest BCUT2D eigenvalue weighted by Crippen LogP contribution is 2.38. The summed E-state index contributed by atoms with van der Waals surface area (Å²) in [4.78, 5) is 15.4. The Hall–Kier alpha value is -4.91. The minimum absolute atomic E-state index is 0.185. The van der Waals surface area contributed by atoms with Gasteiger partial charge in [0.25, 0.3) is 0 Å². The summed E-state index contributed by atoms with van der Waals surface area (Å²) < 4.78 is 0. The van der Waals surface area contributed by atoms with E-state index in [1.807, 2.05) is 38.5 Å². The van der Waals surface area contributed by atoms with E-state index in [-0.39, 0.29) is 12.3 Å². The number of amides is 1. The molecular weight excluding hydrogens is 629 g/mol. The molecule has 1 amide bonds. The van der Waals surface area contributed by atoms with Gasteiger partial charge in [0.2, 0.25) is 6.41 Å². The summed E-state index contributed by atoms with van der Waals surface area (Å²) in [5, 5.41) is 11.7. The number of aromatic nitrogens is 1. The highest BCUT2D eigenvalue weighted by molar-refractivity contribution is 6.02. The van der Waals surface area contributed by atoms with E-state index in [2.05, 4.69) is 120 Å². The first-order valence-electron chi connectivity index (χ1n) is 18.5. The second-order valence-electron chi connectivity index (χ2n) is 13.2. The molecule has 0 saturated heterocycles. The summed E-state index contributed by atoms with van der Waals surface area (Å²) in [6.45, 7) is 21.6. The van der Waals surface area contributed by atoms with Crippen LogP contribution in [-0.2, 0) is 4.79 Å². The first-order chi connectivity index (χ1) is 24.8. The van der Waals surface area contributed by atoms with Gasteiger partial charge >= 0.3 is 0 Å². The van der Waals surface area contributed by atoms with Crippen molar-refractivity contribution in [1.29, 1.82) is 0 Å². The van der Waals surface area contributed by atoms with Gasteiger partial charge in [0, 0.05) is 62.0 Å². The minimum Gasteiger partial charge on any atom is -0.388 e. The molecule has 2 atom stereocenters. The predicted molar refractivity (Wildman–Crippen MR) is 219 cm³/mol. The molecule has 7 nitrogen and oxygen atoms in total. The summed E-state index contributed by atoms with van der Waals surface area (Å²) in [5.41, 5.74) is 13.7.